The molecule has 0 spiro atoms. The van der Waals surface area contributed by atoms with Gasteiger partial charge in [-0.3, -0.25) is 4.79 Å². The van der Waals surface area contributed by atoms with Gasteiger partial charge in [0.15, 0.2) is 23.2 Å². The van der Waals surface area contributed by atoms with Crippen molar-refractivity contribution in [3.63, 3.8) is 0 Å². The van der Waals surface area contributed by atoms with Crippen LogP contribution in [0.4, 0.5) is 20.4 Å². The van der Waals surface area contributed by atoms with Crippen LogP contribution in [0.3, 0.4) is 0 Å². The molecule has 1 N–H and O–H groups in total. The molecule has 0 saturated carbocycles. The molecule has 1 aliphatic heterocycles. The van der Waals surface area contributed by atoms with Gasteiger partial charge in [0.05, 0.1) is 6.20 Å². The topological polar surface area (TPSA) is 70.6 Å². The first-order valence-corrected chi connectivity index (χ1v) is 9.96. The van der Waals surface area contributed by atoms with Crippen molar-refractivity contribution < 1.29 is 18.3 Å². The third kappa shape index (κ3) is 5.14. The van der Waals surface area contributed by atoms with Gasteiger partial charge in [-0.2, -0.15) is 0 Å². The number of piperidine rings is 1. The molecular formula is C21H27F2N5O2. The summed E-state index contributed by atoms with van der Waals surface area (Å²) in [5, 5.41) is 3.27. The van der Waals surface area contributed by atoms with Crippen molar-refractivity contribution in [2.24, 2.45) is 0 Å². The van der Waals surface area contributed by atoms with Crippen molar-refractivity contribution in [2.75, 3.05) is 37.4 Å². The zero-order valence-corrected chi connectivity index (χ0v) is 17.7. The first-order chi connectivity index (χ1) is 14.2. The molecule has 1 fully saturated rings. The van der Waals surface area contributed by atoms with Crippen LogP contribution in [-0.4, -0.2) is 60.1 Å². The Bertz CT molecular complexity index is 899. The Morgan fingerprint density at radius 2 is 1.97 bits per heavy atom. The van der Waals surface area contributed by atoms with Gasteiger partial charge in [0, 0.05) is 52.1 Å². The number of carbonyl (C=O) groups is 1. The summed E-state index contributed by atoms with van der Waals surface area (Å²) in [5.41, 5.74) is 0.275. The van der Waals surface area contributed by atoms with Crippen LogP contribution in [0, 0.1) is 11.6 Å². The Balaban J connectivity index is 1.71. The van der Waals surface area contributed by atoms with Gasteiger partial charge < -0.3 is 19.9 Å². The Labute approximate surface area is 175 Å². The molecule has 0 aliphatic carbocycles. The number of ether oxygens (including phenoxy) is 1. The molecule has 0 unspecified atom stereocenters. The molecule has 30 heavy (non-hydrogen) atoms. The van der Waals surface area contributed by atoms with Gasteiger partial charge in [-0.1, -0.05) is 0 Å². The summed E-state index contributed by atoms with van der Waals surface area (Å²) in [6, 6.07) is 3.43. The van der Waals surface area contributed by atoms with Gasteiger partial charge in [-0.25, -0.2) is 18.7 Å². The van der Waals surface area contributed by atoms with E-state index in [1.165, 1.54) is 23.2 Å². The first-order valence-electron chi connectivity index (χ1n) is 9.96. The Morgan fingerprint density at radius 3 is 2.57 bits per heavy atom. The number of aromatic nitrogens is 2. The lowest BCUT2D eigenvalue weighted by atomic mass is 10.1. The van der Waals surface area contributed by atoms with E-state index in [0.717, 1.165) is 6.07 Å². The molecule has 0 atom stereocenters. The normalized spacial score (nSPS) is 14.7. The molecule has 1 aromatic carbocycles. The maximum atomic E-state index is 13.8. The van der Waals surface area contributed by atoms with Gasteiger partial charge >= 0.3 is 0 Å². The molecule has 9 heteroatoms. The average molecular weight is 419 g/mol. The zero-order valence-electron chi connectivity index (χ0n) is 17.7. The van der Waals surface area contributed by atoms with Crippen LogP contribution in [0.2, 0.25) is 0 Å². The smallest absolute Gasteiger partial charge is 0.273 e. The number of nitrogens with zero attached hydrogens (tertiary/aromatic N) is 4. The number of nitrogens with one attached hydrogen (secondary N) is 1. The van der Waals surface area contributed by atoms with E-state index >= 15 is 0 Å². The zero-order chi connectivity index (χ0) is 21.8. The lowest BCUT2D eigenvalue weighted by molar-refractivity contribution is 0.0821. The van der Waals surface area contributed by atoms with Crippen LogP contribution in [0.25, 0.3) is 0 Å². The third-order valence-electron chi connectivity index (χ3n) is 4.73. The molecule has 2 aromatic rings. The molecule has 7 nitrogen and oxygen atoms in total. The van der Waals surface area contributed by atoms with Crippen molar-refractivity contribution in [3.05, 3.63) is 41.7 Å². The van der Waals surface area contributed by atoms with E-state index in [1.54, 1.807) is 14.1 Å². The highest BCUT2D eigenvalue weighted by Gasteiger charge is 2.26. The summed E-state index contributed by atoms with van der Waals surface area (Å²) in [6.45, 7) is 5.25. The van der Waals surface area contributed by atoms with Crippen molar-refractivity contribution in [1.82, 2.24) is 14.9 Å². The van der Waals surface area contributed by atoms with Crippen LogP contribution in [-0.2, 0) is 0 Å². The lowest BCUT2D eigenvalue weighted by Gasteiger charge is -2.34. The third-order valence-corrected chi connectivity index (χ3v) is 4.73. The van der Waals surface area contributed by atoms with Crippen LogP contribution in [0.15, 0.2) is 24.4 Å². The number of hydrogen-bond donors (Lipinski definition) is 1. The summed E-state index contributed by atoms with van der Waals surface area (Å²) in [4.78, 5) is 24.8. The van der Waals surface area contributed by atoms with Crippen LogP contribution in [0.1, 0.15) is 37.2 Å². The molecule has 1 amide bonds. The molecule has 1 aromatic heterocycles. The first kappa shape index (κ1) is 21.7. The molecule has 0 radical (unpaired) electrons. The van der Waals surface area contributed by atoms with Gasteiger partial charge in [-0.15, -0.1) is 0 Å². The van der Waals surface area contributed by atoms with E-state index < -0.39 is 11.6 Å². The van der Waals surface area contributed by atoms with Gasteiger partial charge in [-0.05, 0) is 26.0 Å². The average Bonchev–Trinajstić information content (AvgIpc) is 2.69. The molecule has 0 bridgehead atoms. The number of rotatable bonds is 6. The van der Waals surface area contributed by atoms with Crippen molar-refractivity contribution in [3.8, 4) is 5.75 Å². The van der Waals surface area contributed by atoms with Crippen molar-refractivity contribution in [2.45, 2.75) is 38.8 Å². The van der Waals surface area contributed by atoms with Gasteiger partial charge in [0.2, 0.25) is 0 Å². The SMILES string of the molecule is CC(C)Nc1nc(C(=O)N(C)C)cnc1N1CCC(Oc2ccc(F)cc2F)CC1. The van der Waals surface area contributed by atoms with Crippen LogP contribution >= 0.6 is 0 Å². The van der Waals surface area contributed by atoms with E-state index in [1.807, 2.05) is 13.8 Å². The Hall–Kier alpha value is -2.97. The van der Waals surface area contributed by atoms with Gasteiger partial charge in [0.25, 0.3) is 5.91 Å². The fourth-order valence-electron chi connectivity index (χ4n) is 3.25. The summed E-state index contributed by atoms with van der Waals surface area (Å²) in [5.74, 6) is -0.257. The maximum absolute atomic E-state index is 13.8. The number of hydrogen-bond acceptors (Lipinski definition) is 6. The summed E-state index contributed by atoms with van der Waals surface area (Å²) in [7, 11) is 3.34. The summed E-state index contributed by atoms with van der Waals surface area (Å²) in [6.07, 6.45) is 2.61. The second-order valence-electron chi connectivity index (χ2n) is 7.81. The predicted molar refractivity (Wildman–Crippen MR) is 111 cm³/mol. The quantitative estimate of drug-likeness (QED) is 0.775. The molecule has 162 valence electrons. The van der Waals surface area contributed by atoms with Crippen molar-refractivity contribution >= 4 is 17.5 Å². The minimum Gasteiger partial charge on any atom is -0.487 e. The van der Waals surface area contributed by atoms with Crippen LogP contribution in [0.5, 0.6) is 5.75 Å². The Morgan fingerprint density at radius 1 is 1.27 bits per heavy atom. The lowest BCUT2D eigenvalue weighted by Crippen LogP contribution is -2.39. The predicted octanol–water partition coefficient (Wildman–Crippen LogP) is 3.32. The highest BCUT2D eigenvalue weighted by atomic mass is 19.1. The van der Waals surface area contributed by atoms with E-state index in [0.29, 0.717) is 37.6 Å². The molecular weight excluding hydrogens is 392 g/mol. The second kappa shape index (κ2) is 9.23. The minimum atomic E-state index is -0.701. The number of halogens is 2. The summed E-state index contributed by atoms with van der Waals surface area (Å²) < 4.78 is 32.6. The Kier molecular flexibility index (Phi) is 6.69. The number of benzene rings is 1. The van der Waals surface area contributed by atoms with E-state index in [2.05, 4.69) is 20.2 Å². The molecule has 2 heterocycles. The van der Waals surface area contributed by atoms with E-state index in [4.69, 9.17) is 4.74 Å². The largest absolute Gasteiger partial charge is 0.487 e. The number of anilines is 2. The highest BCUT2D eigenvalue weighted by Crippen LogP contribution is 2.28. The van der Waals surface area contributed by atoms with E-state index in [9.17, 15) is 13.6 Å². The molecule has 1 saturated heterocycles. The van der Waals surface area contributed by atoms with Gasteiger partial charge in [0.1, 0.15) is 17.6 Å². The van der Waals surface area contributed by atoms with Crippen molar-refractivity contribution in [1.29, 1.82) is 0 Å². The van der Waals surface area contributed by atoms with Crippen LogP contribution < -0.4 is 15.0 Å². The maximum Gasteiger partial charge on any atom is 0.273 e. The highest BCUT2D eigenvalue weighted by molar-refractivity contribution is 5.92. The molecule has 1 aliphatic rings. The minimum absolute atomic E-state index is 0.0587. The monoisotopic (exact) mass is 419 g/mol. The standard InChI is InChI=1S/C21H27F2N5O2/c1-13(2)25-19-20(24-12-17(26-19)21(29)27(3)4)28-9-7-15(8-10-28)30-18-6-5-14(22)11-16(18)23/h5-6,11-13,15H,7-10H2,1-4H3,(H,25,26). The summed E-state index contributed by atoms with van der Waals surface area (Å²) >= 11 is 0. The van der Waals surface area contributed by atoms with E-state index in [-0.39, 0.29) is 29.5 Å². The molecule has 3 rings (SSSR count). The number of amides is 1. The second-order valence-corrected chi connectivity index (χ2v) is 7.81. The number of carbonyl (C=O) groups excluding carboxylic acids is 1. The fraction of sp³-hybridized carbons (Fsp3) is 0.476. The fourth-order valence-corrected chi connectivity index (χ4v) is 3.25.